The average Bonchev–Trinajstić information content (AvgIpc) is 3.21. The quantitative estimate of drug-likeness (QED) is 0.488. The normalized spacial score (nSPS) is 26.6. The van der Waals surface area contributed by atoms with E-state index >= 15 is 0 Å². The Morgan fingerprint density at radius 2 is 1.78 bits per heavy atom. The topological polar surface area (TPSA) is 100 Å². The van der Waals surface area contributed by atoms with E-state index in [1.807, 2.05) is 30.3 Å². The van der Waals surface area contributed by atoms with Crippen molar-refractivity contribution in [3.05, 3.63) is 63.8 Å². The third-order valence-electron chi connectivity index (χ3n) is 7.39. The third kappa shape index (κ3) is 3.31. The Bertz CT molecular complexity index is 1300. The number of hydrogen-bond acceptors (Lipinski definition) is 8. The molecule has 0 saturated carbocycles. The highest BCUT2D eigenvalue weighted by Crippen LogP contribution is 2.55. The van der Waals surface area contributed by atoms with Crippen molar-refractivity contribution < 1.29 is 33.3 Å². The first-order chi connectivity index (χ1) is 17.3. The number of ether oxygens (including phenoxy) is 4. The van der Waals surface area contributed by atoms with Gasteiger partial charge in [0.25, 0.3) is 0 Å². The molecule has 0 bridgehead atoms. The molecule has 2 aliphatic heterocycles. The minimum atomic E-state index is -1.81. The van der Waals surface area contributed by atoms with Gasteiger partial charge in [0.1, 0.15) is 28.1 Å². The van der Waals surface area contributed by atoms with E-state index in [2.05, 4.69) is 5.32 Å². The fourth-order valence-electron chi connectivity index (χ4n) is 5.61. The maximum absolute atomic E-state index is 14.4. The molecule has 5 rings (SSSR count). The molecule has 4 atom stereocenters. The molecule has 4 unspecified atom stereocenters. The number of hydrogen-bond donors (Lipinski definition) is 1. The fourth-order valence-corrected chi connectivity index (χ4v) is 5.87. The van der Waals surface area contributed by atoms with Crippen LogP contribution in [0.15, 0.2) is 47.7 Å². The van der Waals surface area contributed by atoms with Crippen molar-refractivity contribution in [1.82, 2.24) is 5.32 Å². The summed E-state index contributed by atoms with van der Waals surface area (Å²) in [7, 11) is 4.21. The van der Waals surface area contributed by atoms with Crippen LogP contribution in [0.5, 0.6) is 17.2 Å². The molecule has 0 saturated heterocycles. The van der Waals surface area contributed by atoms with Crippen LogP contribution in [-0.4, -0.2) is 50.5 Å². The molecular weight excluding hydrogens is 486 g/mol. The van der Waals surface area contributed by atoms with Crippen LogP contribution in [0.1, 0.15) is 41.6 Å². The van der Waals surface area contributed by atoms with E-state index < -0.39 is 41.0 Å². The fraction of sp³-hybridized carbons (Fsp3) is 0.370. The number of halogens is 1. The van der Waals surface area contributed by atoms with Gasteiger partial charge in [0.2, 0.25) is 17.2 Å². The van der Waals surface area contributed by atoms with Crippen LogP contribution in [0.3, 0.4) is 0 Å². The van der Waals surface area contributed by atoms with Gasteiger partial charge in [0.05, 0.1) is 21.3 Å². The highest BCUT2D eigenvalue weighted by molar-refractivity contribution is 6.36. The first-order valence-corrected chi connectivity index (χ1v) is 12.0. The van der Waals surface area contributed by atoms with E-state index in [0.29, 0.717) is 24.1 Å². The number of Topliss-reactive ketones (excluding diaryl/α,β-unsaturated/α-hetero) is 2. The smallest absolute Gasteiger partial charge is 0.328 e. The van der Waals surface area contributed by atoms with Crippen LogP contribution >= 0.6 is 11.6 Å². The Morgan fingerprint density at radius 1 is 1.08 bits per heavy atom. The van der Waals surface area contributed by atoms with E-state index in [-0.39, 0.29) is 27.8 Å². The summed E-state index contributed by atoms with van der Waals surface area (Å²) < 4.78 is 22.0. The van der Waals surface area contributed by atoms with Gasteiger partial charge in [-0.25, -0.2) is 4.79 Å². The number of rotatable bonds is 4. The van der Waals surface area contributed by atoms with E-state index in [0.717, 1.165) is 5.56 Å². The Labute approximate surface area is 213 Å². The van der Waals surface area contributed by atoms with Gasteiger partial charge in [-0.2, -0.15) is 0 Å². The second-order valence-electron chi connectivity index (χ2n) is 9.21. The number of ketones is 2. The van der Waals surface area contributed by atoms with Gasteiger partial charge >= 0.3 is 5.97 Å². The molecule has 0 amide bonds. The summed E-state index contributed by atoms with van der Waals surface area (Å²) in [4.78, 5) is 40.9. The van der Waals surface area contributed by atoms with Gasteiger partial charge in [-0.3, -0.25) is 9.59 Å². The second kappa shape index (κ2) is 8.85. The van der Waals surface area contributed by atoms with Crippen LogP contribution in [0.4, 0.5) is 0 Å². The molecule has 2 heterocycles. The molecule has 36 heavy (non-hydrogen) atoms. The second-order valence-corrected chi connectivity index (χ2v) is 9.59. The molecular formula is C27H26ClNO7. The van der Waals surface area contributed by atoms with Crippen molar-refractivity contribution in [1.29, 1.82) is 0 Å². The van der Waals surface area contributed by atoms with Crippen LogP contribution in [0.2, 0.25) is 5.02 Å². The Morgan fingerprint density at radius 3 is 2.42 bits per heavy atom. The minimum absolute atomic E-state index is 0.0783. The Kier molecular flexibility index (Phi) is 5.95. The van der Waals surface area contributed by atoms with Crippen LogP contribution in [-0.2, 0) is 14.3 Å². The number of methoxy groups -OCH3 is 3. The minimum Gasteiger partial charge on any atom is -0.496 e. The predicted molar refractivity (Wildman–Crippen MR) is 131 cm³/mol. The average molecular weight is 512 g/mol. The maximum atomic E-state index is 14.4. The van der Waals surface area contributed by atoms with E-state index in [1.165, 1.54) is 27.4 Å². The van der Waals surface area contributed by atoms with Crippen molar-refractivity contribution in [3.63, 3.8) is 0 Å². The summed E-state index contributed by atoms with van der Waals surface area (Å²) in [6, 6.07) is 10.3. The summed E-state index contributed by atoms with van der Waals surface area (Å²) in [6.07, 6.45) is 0.611. The SMILES string of the molecule is COC(=O)C1CC(c2ccccc2)C2=C(CC(C)C3(Oc4c(Cl)c(OC)cc(OC)c4C3=O)C2=O)N1. The first kappa shape index (κ1) is 24.2. The van der Waals surface area contributed by atoms with Crippen LogP contribution in [0.25, 0.3) is 0 Å². The lowest BCUT2D eigenvalue weighted by Crippen LogP contribution is -2.59. The summed E-state index contributed by atoms with van der Waals surface area (Å²) in [5.74, 6) is -1.77. The molecule has 0 aromatic heterocycles. The largest absolute Gasteiger partial charge is 0.496 e. The molecule has 2 aromatic carbocycles. The standard InChI is InChI=1S/C27H26ClNO7/c1-13-10-16-20(15(14-8-6-5-7-9-14)11-17(29-16)26(32)35-4)24(30)27(13)25(31)21-18(33-2)12-19(34-3)22(28)23(21)36-27/h5-9,12-13,15,17,29H,10-11H2,1-4H3. The number of nitrogens with one attached hydrogen (secondary N) is 1. The molecule has 9 heteroatoms. The van der Waals surface area contributed by atoms with Crippen LogP contribution in [0, 0.1) is 5.92 Å². The van der Waals surface area contributed by atoms with Crippen molar-refractivity contribution in [3.8, 4) is 17.2 Å². The van der Waals surface area contributed by atoms with Gasteiger partial charge < -0.3 is 24.3 Å². The number of carbonyl (C=O) groups excluding carboxylic acids is 3. The number of fused-ring (bicyclic) bond motifs is 1. The number of allylic oxidation sites excluding steroid dienone is 1. The summed E-state index contributed by atoms with van der Waals surface area (Å²) in [5.41, 5.74) is 0.232. The van der Waals surface area contributed by atoms with Crippen LogP contribution < -0.4 is 19.5 Å². The molecule has 188 valence electrons. The van der Waals surface area contributed by atoms with Gasteiger partial charge in [0, 0.05) is 29.2 Å². The summed E-state index contributed by atoms with van der Waals surface area (Å²) in [5, 5.41) is 3.31. The van der Waals surface area contributed by atoms with Crippen molar-refractivity contribution in [2.45, 2.75) is 37.3 Å². The van der Waals surface area contributed by atoms with Crippen molar-refractivity contribution >= 4 is 29.1 Å². The van der Waals surface area contributed by atoms with Gasteiger partial charge in [0.15, 0.2) is 5.75 Å². The lowest BCUT2D eigenvalue weighted by Gasteiger charge is -2.43. The molecule has 0 fully saturated rings. The molecule has 3 aliphatic rings. The van der Waals surface area contributed by atoms with Gasteiger partial charge in [-0.15, -0.1) is 0 Å². The van der Waals surface area contributed by atoms with Gasteiger partial charge in [-0.05, 0) is 18.4 Å². The Hall–Kier alpha value is -3.52. The van der Waals surface area contributed by atoms with E-state index in [1.54, 1.807) is 6.92 Å². The molecule has 8 nitrogen and oxygen atoms in total. The molecule has 1 N–H and O–H groups in total. The van der Waals surface area contributed by atoms with Gasteiger partial charge in [-0.1, -0.05) is 48.9 Å². The first-order valence-electron chi connectivity index (χ1n) is 11.6. The lowest BCUT2D eigenvalue weighted by atomic mass is 9.65. The number of carbonyl (C=O) groups is 3. The highest BCUT2D eigenvalue weighted by Gasteiger charge is 2.63. The molecule has 1 spiro atoms. The highest BCUT2D eigenvalue weighted by atomic mass is 35.5. The zero-order valence-corrected chi connectivity index (χ0v) is 21.1. The van der Waals surface area contributed by atoms with Crippen molar-refractivity contribution in [2.75, 3.05) is 21.3 Å². The van der Waals surface area contributed by atoms with E-state index in [9.17, 15) is 14.4 Å². The summed E-state index contributed by atoms with van der Waals surface area (Å²) >= 11 is 6.53. The lowest BCUT2D eigenvalue weighted by molar-refractivity contribution is -0.144. The van der Waals surface area contributed by atoms with E-state index in [4.69, 9.17) is 30.5 Å². The summed E-state index contributed by atoms with van der Waals surface area (Å²) in [6.45, 7) is 1.78. The number of benzene rings is 2. The molecule has 1 aliphatic carbocycles. The zero-order chi connectivity index (χ0) is 25.8. The molecule has 2 aromatic rings. The molecule has 0 radical (unpaired) electrons. The number of esters is 1. The van der Waals surface area contributed by atoms with Crippen molar-refractivity contribution in [2.24, 2.45) is 5.92 Å². The third-order valence-corrected chi connectivity index (χ3v) is 7.74. The predicted octanol–water partition coefficient (Wildman–Crippen LogP) is 3.85. The zero-order valence-electron chi connectivity index (χ0n) is 20.3. The monoisotopic (exact) mass is 511 g/mol. The Balaban J connectivity index is 1.66. The maximum Gasteiger partial charge on any atom is 0.328 e.